The summed E-state index contributed by atoms with van der Waals surface area (Å²) in [4.78, 5) is 13.2. The van der Waals surface area contributed by atoms with E-state index in [1.807, 2.05) is 0 Å². The predicted octanol–water partition coefficient (Wildman–Crippen LogP) is 1.41. The average Bonchev–Trinajstić information content (AvgIpc) is 2.65. The molecule has 3 nitrogen and oxygen atoms in total. The first-order valence-corrected chi connectivity index (χ1v) is 5.46. The van der Waals surface area contributed by atoms with Crippen LogP contribution in [0.15, 0.2) is 18.2 Å². The van der Waals surface area contributed by atoms with Crippen LogP contribution < -0.4 is 5.73 Å². The Hall–Kier alpha value is -1.42. The molecule has 0 radical (unpaired) electrons. The maximum absolute atomic E-state index is 13.1. The van der Waals surface area contributed by atoms with E-state index in [2.05, 4.69) is 0 Å². The highest BCUT2D eigenvalue weighted by atomic mass is 19.1. The van der Waals surface area contributed by atoms with Gasteiger partial charge in [0.15, 0.2) is 0 Å². The summed E-state index contributed by atoms with van der Waals surface area (Å²) in [5, 5.41) is 0. The molecule has 0 saturated carbocycles. The van der Waals surface area contributed by atoms with Crippen molar-refractivity contribution < 1.29 is 9.18 Å². The first kappa shape index (κ1) is 11.1. The predicted molar refractivity (Wildman–Crippen MR) is 58.9 cm³/mol. The lowest BCUT2D eigenvalue weighted by Gasteiger charge is -2.17. The van der Waals surface area contributed by atoms with E-state index in [0.29, 0.717) is 19.5 Å². The molecule has 0 atom stereocenters. The molecule has 4 heteroatoms. The third-order valence-electron chi connectivity index (χ3n) is 2.92. The van der Waals surface area contributed by atoms with E-state index in [-0.39, 0.29) is 11.7 Å². The molecule has 1 heterocycles. The maximum atomic E-state index is 13.1. The fraction of sp³-hybridized carbons (Fsp3) is 0.417. The Bertz CT molecular complexity index is 406. The maximum Gasteiger partial charge on any atom is 0.222 e. The van der Waals surface area contributed by atoms with Gasteiger partial charge in [-0.1, -0.05) is 6.07 Å². The van der Waals surface area contributed by atoms with E-state index < -0.39 is 0 Å². The normalized spacial score (nSPS) is 15.9. The molecule has 1 aromatic rings. The van der Waals surface area contributed by atoms with Crippen molar-refractivity contribution in [3.05, 3.63) is 35.1 Å². The van der Waals surface area contributed by atoms with E-state index in [4.69, 9.17) is 5.73 Å². The van der Waals surface area contributed by atoms with Crippen molar-refractivity contribution in [3.63, 3.8) is 0 Å². The third-order valence-corrected chi connectivity index (χ3v) is 2.92. The average molecular weight is 222 g/mol. The Morgan fingerprint density at radius 1 is 1.38 bits per heavy atom. The fourth-order valence-corrected chi connectivity index (χ4v) is 2.02. The van der Waals surface area contributed by atoms with Gasteiger partial charge in [-0.3, -0.25) is 4.79 Å². The highest BCUT2D eigenvalue weighted by Gasteiger charge is 2.20. The summed E-state index contributed by atoms with van der Waals surface area (Å²) >= 11 is 0. The molecule has 0 aliphatic carbocycles. The first-order chi connectivity index (χ1) is 7.70. The summed E-state index contributed by atoms with van der Waals surface area (Å²) in [5.41, 5.74) is 7.30. The van der Waals surface area contributed by atoms with Gasteiger partial charge >= 0.3 is 0 Å². The second-order valence-electron chi connectivity index (χ2n) is 4.04. The largest absolute Gasteiger partial charge is 0.338 e. The standard InChI is InChI=1S/C12H15FN2O/c13-11-4-3-9(7-14)10(6-11)8-15-5-1-2-12(15)16/h3-4,6H,1-2,5,7-8,14H2. The van der Waals surface area contributed by atoms with Crippen molar-refractivity contribution in [1.29, 1.82) is 0 Å². The molecule has 1 aliphatic rings. The number of hydrogen-bond acceptors (Lipinski definition) is 2. The Morgan fingerprint density at radius 2 is 2.19 bits per heavy atom. The molecule has 0 aromatic heterocycles. The van der Waals surface area contributed by atoms with Crippen molar-refractivity contribution in [2.45, 2.75) is 25.9 Å². The summed E-state index contributed by atoms with van der Waals surface area (Å²) in [7, 11) is 0. The van der Waals surface area contributed by atoms with Gasteiger partial charge in [-0.05, 0) is 29.7 Å². The lowest BCUT2D eigenvalue weighted by atomic mass is 10.1. The van der Waals surface area contributed by atoms with Crippen LogP contribution in [0.1, 0.15) is 24.0 Å². The second kappa shape index (κ2) is 4.61. The van der Waals surface area contributed by atoms with Gasteiger partial charge in [0.2, 0.25) is 5.91 Å². The minimum Gasteiger partial charge on any atom is -0.338 e. The van der Waals surface area contributed by atoms with Gasteiger partial charge < -0.3 is 10.6 Å². The van der Waals surface area contributed by atoms with Gasteiger partial charge in [-0.15, -0.1) is 0 Å². The van der Waals surface area contributed by atoms with Gasteiger partial charge in [0.05, 0.1) is 0 Å². The smallest absolute Gasteiger partial charge is 0.222 e. The third kappa shape index (κ3) is 2.22. The zero-order valence-corrected chi connectivity index (χ0v) is 9.08. The van der Waals surface area contributed by atoms with E-state index >= 15 is 0 Å². The topological polar surface area (TPSA) is 46.3 Å². The molecule has 1 fully saturated rings. The number of amides is 1. The molecule has 16 heavy (non-hydrogen) atoms. The van der Waals surface area contributed by atoms with Crippen LogP contribution in [-0.4, -0.2) is 17.4 Å². The van der Waals surface area contributed by atoms with Gasteiger partial charge in [-0.2, -0.15) is 0 Å². The minimum absolute atomic E-state index is 0.146. The van der Waals surface area contributed by atoms with Crippen LogP contribution in [-0.2, 0) is 17.9 Å². The SMILES string of the molecule is NCc1ccc(F)cc1CN1CCCC1=O. The van der Waals surface area contributed by atoms with Crippen LogP contribution in [0.3, 0.4) is 0 Å². The van der Waals surface area contributed by atoms with E-state index in [9.17, 15) is 9.18 Å². The Labute approximate surface area is 94.0 Å². The highest BCUT2D eigenvalue weighted by Crippen LogP contribution is 2.18. The van der Waals surface area contributed by atoms with E-state index in [1.54, 1.807) is 11.0 Å². The lowest BCUT2D eigenvalue weighted by Crippen LogP contribution is -2.24. The quantitative estimate of drug-likeness (QED) is 0.840. The zero-order chi connectivity index (χ0) is 11.5. The summed E-state index contributed by atoms with van der Waals surface area (Å²) in [6.07, 6.45) is 1.50. The van der Waals surface area contributed by atoms with Gasteiger partial charge in [0, 0.05) is 26.1 Å². The molecule has 1 saturated heterocycles. The van der Waals surface area contributed by atoms with Crippen LogP contribution in [0.4, 0.5) is 4.39 Å². The second-order valence-corrected chi connectivity index (χ2v) is 4.04. The van der Waals surface area contributed by atoms with Crippen LogP contribution >= 0.6 is 0 Å². The zero-order valence-electron chi connectivity index (χ0n) is 9.08. The van der Waals surface area contributed by atoms with Crippen molar-refractivity contribution >= 4 is 5.91 Å². The number of carbonyl (C=O) groups is 1. The molecular formula is C12H15FN2O. The first-order valence-electron chi connectivity index (χ1n) is 5.46. The molecule has 1 aromatic carbocycles. The molecule has 1 amide bonds. The van der Waals surface area contributed by atoms with Crippen molar-refractivity contribution in [2.24, 2.45) is 5.73 Å². The minimum atomic E-state index is -0.279. The van der Waals surface area contributed by atoms with Crippen LogP contribution in [0.5, 0.6) is 0 Å². The highest BCUT2D eigenvalue weighted by molar-refractivity contribution is 5.78. The van der Waals surface area contributed by atoms with Crippen LogP contribution in [0, 0.1) is 5.82 Å². The molecule has 2 N–H and O–H groups in total. The Balaban J connectivity index is 2.19. The molecule has 86 valence electrons. The van der Waals surface area contributed by atoms with Gasteiger partial charge in [-0.25, -0.2) is 4.39 Å². The Morgan fingerprint density at radius 3 is 2.81 bits per heavy atom. The van der Waals surface area contributed by atoms with Crippen molar-refractivity contribution in [2.75, 3.05) is 6.54 Å². The number of nitrogens with zero attached hydrogens (tertiary/aromatic N) is 1. The number of nitrogens with two attached hydrogens (primary N) is 1. The molecule has 0 bridgehead atoms. The molecule has 0 unspecified atom stereocenters. The molecule has 2 rings (SSSR count). The van der Waals surface area contributed by atoms with Gasteiger partial charge in [0.25, 0.3) is 0 Å². The fourth-order valence-electron chi connectivity index (χ4n) is 2.02. The van der Waals surface area contributed by atoms with Crippen LogP contribution in [0.2, 0.25) is 0 Å². The number of rotatable bonds is 3. The van der Waals surface area contributed by atoms with Gasteiger partial charge in [0.1, 0.15) is 5.82 Å². The number of benzene rings is 1. The van der Waals surface area contributed by atoms with Crippen LogP contribution in [0.25, 0.3) is 0 Å². The monoisotopic (exact) mass is 222 g/mol. The Kier molecular flexibility index (Phi) is 3.19. The summed E-state index contributed by atoms with van der Waals surface area (Å²) < 4.78 is 13.1. The summed E-state index contributed by atoms with van der Waals surface area (Å²) in [6.45, 7) is 1.61. The van der Waals surface area contributed by atoms with Crippen molar-refractivity contribution in [1.82, 2.24) is 4.90 Å². The number of likely N-dealkylation sites (tertiary alicyclic amines) is 1. The van der Waals surface area contributed by atoms with E-state index in [0.717, 1.165) is 24.1 Å². The lowest BCUT2D eigenvalue weighted by molar-refractivity contribution is -0.128. The summed E-state index contributed by atoms with van der Waals surface area (Å²) in [5.74, 6) is -0.133. The molecule has 0 spiro atoms. The summed E-state index contributed by atoms with van der Waals surface area (Å²) in [6, 6.07) is 4.55. The van der Waals surface area contributed by atoms with E-state index in [1.165, 1.54) is 12.1 Å². The van der Waals surface area contributed by atoms with Crippen molar-refractivity contribution in [3.8, 4) is 0 Å². The molecular weight excluding hydrogens is 207 g/mol. The number of hydrogen-bond donors (Lipinski definition) is 1. The number of halogens is 1. The molecule has 1 aliphatic heterocycles. The number of carbonyl (C=O) groups excluding carboxylic acids is 1.